The molecule has 0 bridgehead atoms. The van der Waals surface area contributed by atoms with Crippen LogP contribution in [-0.4, -0.2) is 39.2 Å². The highest BCUT2D eigenvalue weighted by atomic mass is 35.5. The van der Waals surface area contributed by atoms with Gasteiger partial charge in [0, 0.05) is 43.9 Å². The first-order valence-corrected chi connectivity index (χ1v) is 8.83. The predicted octanol–water partition coefficient (Wildman–Crippen LogP) is 3.30. The van der Waals surface area contributed by atoms with Gasteiger partial charge in [0.1, 0.15) is 0 Å². The molecular weight excluding hydrogens is 308 g/mol. The van der Waals surface area contributed by atoms with Gasteiger partial charge in [0.05, 0.1) is 0 Å². The highest BCUT2D eigenvalue weighted by molar-refractivity contribution is 6.30. The molecule has 1 saturated heterocycles. The molecule has 2 N–H and O–H groups in total. The van der Waals surface area contributed by atoms with Crippen molar-refractivity contribution in [3.05, 3.63) is 28.8 Å². The number of aryl methyl sites for hydroxylation is 1. The minimum Gasteiger partial charge on any atom is -0.371 e. The molecule has 1 unspecified atom stereocenters. The Kier molecular flexibility index (Phi) is 6.58. The first-order valence-electron chi connectivity index (χ1n) is 8.45. The van der Waals surface area contributed by atoms with Gasteiger partial charge in [0.2, 0.25) is 0 Å². The van der Waals surface area contributed by atoms with Crippen molar-refractivity contribution in [1.82, 2.24) is 10.6 Å². The van der Waals surface area contributed by atoms with E-state index in [-0.39, 0.29) is 0 Å². The van der Waals surface area contributed by atoms with Crippen molar-refractivity contribution < 1.29 is 0 Å². The van der Waals surface area contributed by atoms with Crippen LogP contribution in [0.5, 0.6) is 0 Å². The largest absolute Gasteiger partial charge is 0.371 e. The summed E-state index contributed by atoms with van der Waals surface area (Å²) in [4.78, 5) is 6.73. The van der Waals surface area contributed by atoms with E-state index in [0.717, 1.165) is 37.2 Å². The maximum atomic E-state index is 6.15. The molecule has 1 aromatic carbocycles. The first kappa shape index (κ1) is 17.9. The SMILES string of the molecule is CN=C(NCC(C)C)NCC1CCN(c2cc(Cl)ccc2C)C1. The van der Waals surface area contributed by atoms with Gasteiger partial charge in [-0.15, -0.1) is 0 Å². The summed E-state index contributed by atoms with van der Waals surface area (Å²) in [6.07, 6.45) is 1.19. The highest BCUT2D eigenvalue weighted by Crippen LogP contribution is 2.29. The monoisotopic (exact) mass is 336 g/mol. The Labute approximate surface area is 145 Å². The Hall–Kier alpha value is -1.42. The van der Waals surface area contributed by atoms with E-state index in [9.17, 15) is 0 Å². The number of hydrogen-bond acceptors (Lipinski definition) is 2. The Balaban J connectivity index is 1.84. The van der Waals surface area contributed by atoms with Gasteiger partial charge in [-0.25, -0.2) is 0 Å². The number of nitrogens with zero attached hydrogens (tertiary/aromatic N) is 2. The second-order valence-corrected chi connectivity index (χ2v) is 7.20. The second-order valence-electron chi connectivity index (χ2n) is 6.76. The molecule has 1 aliphatic rings. The van der Waals surface area contributed by atoms with Gasteiger partial charge < -0.3 is 15.5 Å². The fourth-order valence-corrected chi connectivity index (χ4v) is 3.07. The third-order valence-corrected chi connectivity index (χ3v) is 4.49. The lowest BCUT2D eigenvalue weighted by Crippen LogP contribution is -2.41. The molecule has 5 heteroatoms. The second kappa shape index (κ2) is 8.44. The van der Waals surface area contributed by atoms with Crippen LogP contribution in [0, 0.1) is 18.8 Å². The average molecular weight is 337 g/mol. The van der Waals surface area contributed by atoms with Gasteiger partial charge in [0.25, 0.3) is 0 Å². The van der Waals surface area contributed by atoms with E-state index < -0.39 is 0 Å². The summed E-state index contributed by atoms with van der Waals surface area (Å²) in [7, 11) is 1.83. The fourth-order valence-electron chi connectivity index (χ4n) is 2.90. The van der Waals surface area contributed by atoms with Gasteiger partial charge in [0.15, 0.2) is 5.96 Å². The normalized spacial score (nSPS) is 18.6. The molecule has 23 heavy (non-hydrogen) atoms. The van der Waals surface area contributed by atoms with Crippen molar-refractivity contribution in [2.45, 2.75) is 27.2 Å². The van der Waals surface area contributed by atoms with Crippen LogP contribution in [0.15, 0.2) is 23.2 Å². The van der Waals surface area contributed by atoms with Crippen molar-refractivity contribution in [2.75, 3.05) is 38.1 Å². The maximum Gasteiger partial charge on any atom is 0.190 e. The van der Waals surface area contributed by atoms with Crippen LogP contribution in [0.25, 0.3) is 0 Å². The van der Waals surface area contributed by atoms with E-state index in [1.807, 2.05) is 13.1 Å². The van der Waals surface area contributed by atoms with Crippen LogP contribution in [0.1, 0.15) is 25.8 Å². The van der Waals surface area contributed by atoms with Gasteiger partial charge in [-0.05, 0) is 42.9 Å². The smallest absolute Gasteiger partial charge is 0.190 e. The van der Waals surface area contributed by atoms with Gasteiger partial charge in [-0.2, -0.15) is 0 Å². The molecule has 4 nitrogen and oxygen atoms in total. The molecular formula is C18H29ClN4. The number of aliphatic imine (C=N–C) groups is 1. The molecule has 0 aliphatic carbocycles. The van der Waals surface area contributed by atoms with Gasteiger partial charge in [-0.1, -0.05) is 31.5 Å². The van der Waals surface area contributed by atoms with Crippen LogP contribution in [0.2, 0.25) is 5.02 Å². The van der Waals surface area contributed by atoms with Crippen molar-refractivity contribution in [1.29, 1.82) is 0 Å². The molecule has 1 aromatic rings. The quantitative estimate of drug-likeness (QED) is 0.640. The minimum atomic E-state index is 0.612. The summed E-state index contributed by atoms with van der Waals surface area (Å²) in [6.45, 7) is 10.6. The van der Waals surface area contributed by atoms with E-state index in [1.54, 1.807) is 0 Å². The summed E-state index contributed by atoms with van der Waals surface area (Å²) in [5.74, 6) is 2.14. The number of anilines is 1. The molecule has 0 amide bonds. The highest BCUT2D eigenvalue weighted by Gasteiger charge is 2.23. The third kappa shape index (κ3) is 5.31. The van der Waals surface area contributed by atoms with E-state index in [1.165, 1.54) is 17.7 Å². The molecule has 128 valence electrons. The zero-order chi connectivity index (χ0) is 16.8. The molecule has 1 atom stereocenters. The number of hydrogen-bond donors (Lipinski definition) is 2. The number of benzene rings is 1. The Morgan fingerprint density at radius 2 is 2.17 bits per heavy atom. The lowest BCUT2D eigenvalue weighted by molar-refractivity contribution is 0.557. The zero-order valence-electron chi connectivity index (χ0n) is 14.7. The molecule has 1 fully saturated rings. The summed E-state index contributed by atoms with van der Waals surface area (Å²) >= 11 is 6.15. The summed E-state index contributed by atoms with van der Waals surface area (Å²) in [6, 6.07) is 6.14. The van der Waals surface area contributed by atoms with Crippen molar-refractivity contribution in [3.8, 4) is 0 Å². The van der Waals surface area contributed by atoms with E-state index >= 15 is 0 Å². The van der Waals surface area contributed by atoms with E-state index in [2.05, 4.69) is 53.4 Å². The summed E-state index contributed by atoms with van der Waals surface area (Å²) < 4.78 is 0. The summed E-state index contributed by atoms with van der Waals surface area (Å²) in [5.41, 5.74) is 2.56. The topological polar surface area (TPSA) is 39.7 Å². The van der Waals surface area contributed by atoms with Gasteiger partial charge >= 0.3 is 0 Å². The van der Waals surface area contributed by atoms with Crippen LogP contribution >= 0.6 is 11.6 Å². The molecule has 0 spiro atoms. The predicted molar refractivity (Wildman–Crippen MR) is 101 cm³/mol. The maximum absolute atomic E-state index is 6.15. The Bertz CT molecular complexity index is 542. The summed E-state index contributed by atoms with van der Waals surface area (Å²) in [5, 5.41) is 7.62. The fraction of sp³-hybridized carbons (Fsp3) is 0.611. The lowest BCUT2D eigenvalue weighted by atomic mass is 10.1. The molecule has 0 saturated carbocycles. The van der Waals surface area contributed by atoms with Crippen molar-refractivity contribution in [3.63, 3.8) is 0 Å². The van der Waals surface area contributed by atoms with E-state index in [0.29, 0.717) is 11.8 Å². The lowest BCUT2D eigenvalue weighted by Gasteiger charge is -2.22. The van der Waals surface area contributed by atoms with Crippen LogP contribution in [0.4, 0.5) is 5.69 Å². The average Bonchev–Trinajstić information content (AvgIpc) is 2.98. The van der Waals surface area contributed by atoms with E-state index in [4.69, 9.17) is 11.6 Å². The number of nitrogens with one attached hydrogen (secondary N) is 2. The molecule has 2 rings (SSSR count). The third-order valence-electron chi connectivity index (χ3n) is 4.26. The van der Waals surface area contributed by atoms with Crippen LogP contribution in [0.3, 0.4) is 0 Å². The van der Waals surface area contributed by atoms with Crippen molar-refractivity contribution >= 4 is 23.2 Å². The van der Waals surface area contributed by atoms with Gasteiger partial charge in [-0.3, -0.25) is 4.99 Å². The standard InChI is InChI=1S/C18H29ClN4/c1-13(2)10-21-18(20-4)22-11-15-7-8-23(12-15)17-9-16(19)6-5-14(17)3/h5-6,9,13,15H,7-8,10-12H2,1-4H3,(H2,20,21,22). The Morgan fingerprint density at radius 1 is 1.39 bits per heavy atom. The molecule has 1 heterocycles. The minimum absolute atomic E-state index is 0.612. The zero-order valence-corrected chi connectivity index (χ0v) is 15.5. The first-order chi connectivity index (χ1) is 11.0. The number of guanidine groups is 1. The van der Waals surface area contributed by atoms with Crippen LogP contribution in [-0.2, 0) is 0 Å². The Morgan fingerprint density at radius 3 is 2.87 bits per heavy atom. The molecule has 1 aliphatic heterocycles. The number of halogens is 1. The van der Waals surface area contributed by atoms with Crippen molar-refractivity contribution in [2.24, 2.45) is 16.8 Å². The molecule has 0 radical (unpaired) electrons. The molecule has 0 aromatic heterocycles. The van der Waals surface area contributed by atoms with Crippen LogP contribution < -0.4 is 15.5 Å². The number of rotatable bonds is 5.